The van der Waals surface area contributed by atoms with Gasteiger partial charge in [0.1, 0.15) is 5.82 Å². The van der Waals surface area contributed by atoms with Gasteiger partial charge in [-0.25, -0.2) is 9.18 Å². The van der Waals surface area contributed by atoms with E-state index >= 15 is 0 Å². The van der Waals surface area contributed by atoms with Crippen molar-refractivity contribution in [2.24, 2.45) is 0 Å². The molecule has 1 aliphatic rings. The summed E-state index contributed by atoms with van der Waals surface area (Å²) in [5.41, 5.74) is 4.15. The Balaban J connectivity index is 1.40. The molecule has 0 spiro atoms. The summed E-state index contributed by atoms with van der Waals surface area (Å²) in [5, 5.41) is 13.3. The molecule has 2 amide bonds. The number of carbonyl (C=O) groups is 2. The van der Waals surface area contributed by atoms with Gasteiger partial charge in [0.05, 0.1) is 19.9 Å². The molecule has 38 heavy (non-hydrogen) atoms. The number of nitrogens with zero attached hydrogens (tertiary/aromatic N) is 2. The lowest BCUT2D eigenvalue weighted by molar-refractivity contribution is 0.0954. The van der Waals surface area contributed by atoms with Crippen molar-refractivity contribution in [3.8, 4) is 22.8 Å². The third kappa shape index (κ3) is 4.88. The Morgan fingerprint density at radius 1 is 0.947 bits per heavy atom. The van der Waals surface area contributed by atoms with Crippen LogP contribution in [-0.4, -0.2) is 49.0 Å². The SMILES string of the molecule is COc1cc2c(cc1OC)-c1c(c(Nc3cccc(F)c3)nn1C(=O)NCCNC(=O)c1ccccc1)C2. The summed E-state index contributed by atoms with van der Waals surface area (Å²) in [6.45, 7) is 0.427. The van der Waals surface area contributed by atoms with Gasteiger partial charge < -0.3 is 25.4 Å². The molecular weight excluding hydrogens is 489 g/mol. The van der Waals surface area contributed by atoms with E-state index in [1.807, 2.05) is 18.2 Å². The standard InChI is InChI=1S/C28H26FN5O4/c1-37-23-14-18-13-22-25(21(18)16-24(23)38-2)34(33-26(22)32-20-10-6-9-19(29)15-20)28(36)31-12-11-30-27(35)17-7-4-3-5-8-17/h3-10,14-16H,11-13H2,1-2H3,(H,30,35)(H,31,36)(H,32,33). The summed E-state index contributed by atoms with van der Waals surface area (Å²) in [5.74, 6) is 0.924. The van der Waals surface area contributed by atoms with Crippen LogP contribution in [0.25, 0.3) is 11.3 Å². The average Bonchev–Trinajstić information content (AvgIpc) is 3.47. The van der Waals surface area contributed by atoms with Crippen molar-refractivity contribution in [2.45, 2.75) is 6.42 Å². The van der Waals surface area contributed by atoms with Crippen LogP contribution in [0, 0.1) is 5.82 Å². The first-order valence-corrected chi connectivity index (χ1v) is 12.0. The molecule has 9 nitrogen and oxygen atoms in total. The number of halogens is 1. The van der Waals surface area contributed by atoms with Crippen molar-refractivity contribution in [1.82, 2.24) is 20.4 Å². The number of benzene rings is 3. The topological polar surface area (TPSA) is 107 Å². The summed E-state index contributed by atoms with van der Waals surface area (Å²) in [7, 11) is 3.11. The fraction of sp³-hybridized carbons (Fsp3) is 0.179. The monoisotopic (exact) mass is 515 g/mol. The van der Waals surface area contributed by atoms with E-state index in [1.165, 1.54) is 16.8 Å². The number of fused-ring (bicyclic) bond motifs is 3. The van der Waals surface area contributed by atoms with E-state index < -0.39 is 6.03 Å². The maximum atomic E-state index is 13.8. The molecule has 0 saturated heterocycles. The fourth-order valence-corrected chi connectivity index (χ4v) is 4.43. The lowest BCUT2D eigenvalue weighted by Gasteiger charge is -2.12. The first-order chi connectivity index (χ1) is 18.5. The normalized spacial score (nSPS) is 11.3. The molecule has 0 saturated carbocycles. The summed E-state index contributed by atoms with van der Waals surface area (Å²) in [6.07, 6.45) is 0.489. The molecule has 0 atom stereocenters. The van der Waals surface area contributed by atoms with Gasteiger partial charge in [-0.1, -0.05) is 24.3 Å². The average molecular weight is 516 g/mol. The molecule has 3 aromatic carbocycles. The Morgan fingerprint density at radius 3 is 2.42 bits per heavy atom. The number of methoxy groups -OCH3 is 2. The van der Waals surface area contributed by atoms with Crippen molar-refractivity contribution in [3.05, 3.63) is 89.2 Å². The molecule has 0 unspecified atom stereocenters. The van der Waals surface area contributed by atoms with Crippen molar-refractivity contribution >= 4 is 23.4 Å². The number of ether oxygens (including phenoxy) is 2. The molecule has 0 fully saturated rings. The second kappa shape index (κ2) is 10.6. The zero-order valence-electron chi connectivity index (χ0n) is 20.9. The lowest BCUT2D eigenvalue weighted by atomic mass is 10.1. The number of hydrogen-bond donors (Lipinski definition) is 3. The molecule has 1 heterocycles. The molecule has 10 heteroatoms. The maximum Gasteiger partial charge on any atom is 0.342 e. The first kappa shape index (κ1) is 24.8. The Bertz CT molecular complexity index is 1500. The van der Waals surface area contributed by atoms with E-state index in [9.17, 15) is 14.0 Å². The van der Waals surface area contributed by atoms with E-state index in [4.69, 9.17) is 9.47 Å². The quantitative estimate of drug-likeness (QED) is 0.266. The van der Waals surface area contributed by atoms with Gasteiger partial charge in [0.25, 0.3) is 5.91 Å². The minimum atomic E-state index is -0.467. The van der Waals surface area contributed by atoms with Crippen LogP contribution in [-0.2, 0) is 6.42 Å². The van der Waals surface area contributed by atoms with Crippen LogP contribution in [0.5, 0.6) is 11.5 Å². The molecule has 0 radical (unpaired) electrons. The van der Waals surface area contributed by atoms with Crippen LogP contribution in [0.1, 0.15) is 21.5 Å². The Hall–Kier alpha value is -4.86. The van der Waals surface area contributed by atoms with Gasteiger partial charge in [0, 0.05) is 41.9 Å². The van der Waals surface area contributed by atoms with Crippen molar-refractivity contribution < 1.29 is 23.5 Å². The number of hydrogen-bond acceptors (Lipinski definition) is 6. The number of anilines is 2. The van der Waals surface area contributed by atoms with Gasteiger partial charge in [-0.2, -0.15) is 4.68 Å². The Kier molecular flexibility index (Phi) is 6.94. The molecule has 0 aliphatic heterocycles. The molecule has 1 aliphatic carbocycles. The Morgan fingerprint density at radius 2 is 1.68 bits per heavy atom. The lowest BCUT2D eigenvalue weighted by Crippen LogP contribution is -2.37. The molecule has 3 N–H and O–H groups in total. The Labute approximate surface area is 218 Å². The number of rotatable bonds is 8. The predicted molar refractivity (Wildman–Crippen MR) is 141 cm³/mol. The van der Waals surface area contributed by atoms with Gasteiger partial charge in [-0.05, 0) is 48.0 Å². The number of amides is 2. The highest BCUT2D eigenvalue weighted by Gasteiger charge is 2.31. The molecule has 194 valence electrons. The molecular formula is C28H26FN5O4. The van der Waals surface area contributed by atoms with E-state index in [-0.39, 0.29) is 24.8 Å². The van der Waals surface area contributed by atoms with Gasteiger partial charge in [-0.15, -0.1) is 5.10 Å². The number of carbonyl (C=O) groups excluding carboxylic acids is 2. The number of aromatic nitrogens is 2. The van der Waals surface area contributed by atoms with Crippen molar-refractivity contribution in [2.75, 3.05) is 32.6 Å². The van der Waals surface area contributed by atoms with Crippen LogP contribution in [0.2, 0.25) is 0 Å². The summed E-state index contributed by atoms with van der Waals surface area (Å²) in [4.78, 5) is 25.5. The smallest absolute Gasteiger partial charge is 0.342 e. The maximum absolute atomic E-state index is 13.8. The molecule has 0 bridgehead atoms. The second-order valence-corrected chi connectivity index (χ2v) is 8.62. The third-order valence-corrected chi connectivity index (χ3v) is 6.22. The third-order valence-electron chi connectivity index (χ3n) is 6.22. The minimum Gasteiger partial charge on any atom is -0.493 e. The van der Waals surface area contributed by atoms with E-state index in [0.717, 1.165) is 16.7 Å². The second-order valence-electron chi connectivity index (χ2n) is 8.62. The zero-order chi connectivity index (χ0) is 26.6. The van der Waals surface area contributed by atoms with E-state index in [2.05, 4.69) is 21.0 Å². The minimum absolute atomic E-state index is 0.192. The van der Waals surface area contributed by atoms with Gasteiger partial charge >= 0.3 is 6.03 Å². The van der Waals surface area contributed by atoms with Crippen molar-refractivity contribution in [3.63, 3.8) is 0 Å². The number of nitrogens with one attached hydrogen (secondary N) is 3. The van der Waals surface area contributed by atoms with Gasteiger partial charge in [0.2, 0.25) is 0 Å². The van der Waals surface area contributed by atoms with E-state index in [1.54, 1.807) is 50.6 Å². The van der Waals surface area contributed by atoms with Crippen LogP contribution in [0.15, 0.2) is 66.7 Å². The van der Waals surface area contributed by atoms with E-state index in [0.29, 0.717) is 40.7 Å². The predicted octanol–water partition coefficient (Wildman–Crippen LogP) is 4.34. The zero-order valence-corrected chi connectivity index (χ0v) is 20.9. The van der Waals surface area contributed by atoms with Crippen LogP contribution >= 0.6 is 0 Å². The molecule has 1 aromatic heterocycles. The van der Waals surface area contributed by atoms with Crippen LogP contribution in [0.3, 0.4) is 0 Å². The van der Waals surface area contributed by atoms with Gasteiger partial charge in [-0.3, -0.25) is 4.79 Å². The highest BCUT2D eigenvalue weighted by atomic mass is 19.1. The summed E-state index contributed by atoms with van der Waals surface area (Å²) < 4.78 is 26.0. The molecule has 5 rings (SSSR count). The fourth-order valence-electron chi connectivity index (χ4n) is 4.43. The summed E-state index contributed by atoms with van der Waals surface area (Å²) >= 11 is 0. The van der Waals surface area contributed by atoms with Crippen LogP contribution in [0.4, 0.5) is 20.7 Å². The largest absolute Gasteiger partial charge is 0.493 e. The highest BCUT2D eigenvalue weighted by Crippen LogP contribution is 2.45. The van der Waals surface area contributed by atoms with Crippen LogP contribution < -0.4 is 25.4 Å². The van der Waals surface area contributed by atoms with Crippen molar-refractivity contribution in [1.29, 1.82) is 0 Å². The summed E-state index contributed by atoms with van der Waals surface area (Å²) in [6, 6.07) is 18.1. The molecule has 4 aromatic rings. The van der Waals surface area contributed by atoms with Gasteiger partial charge in [0.15, 0.2) is 17.3 Å². The first-order valence-electron chi connectivity index (χ1n) is 12.0. The highest BCUT2D eigenvalue weighted by molar-refractivity contribution is 5.94.